The third-order valence-electron chi connectivity index (χ3n) is 4.74. The summed E-state index contributed by atoms with van der Waals surface area (Å²) in [6.45, 7) is 11.6. The number of ether oxygens (including phenoxy) is 4. The van der Waals surface area contributed by atoms with Crippen molar-refractivity contribution in [2.24, 2.45) is 0 Å². The third kappa shape index (κ3) is 6.97. The number of carbonyl (C=O) groups excluding carboxylic acids is 1. The lowest BCUT2D eigenvalue weighted by Crippen LogP contribution is -2.48. The molecule has 0 unspecified atom stereocenters. The Hall–Kier alpha value is -2.19. The zero-order valence-corrected chi connectivity index (χ0v) is 18.5. The summed E-state index contributed by atoms with van der Waals surface area (Å²) in [5.74, 6) is 2.01. The van der Waals surface area contributed by atoms with Crippen LogP contribution < -0.4 is 19.5 Å². The first-order valence-corrected chi connectivity index (χ1v) is 9.96. The van der Waals surface area contributed by atoms with Crippen molar-refractivity contribution < 1.29 is 23.7 Å². The minimum Gasteiger partial charge on any atom is -0.493 e. The molecule has 0 saturated carbocycles. The van der Waals surface area contributed by atoms with Gasteiger partial charge >= 0.3 is 6.09 Å². The number of hydrogen-bond donors (Lipinski definition) is 1. The summed E-state index contributed by atoms with van der Waals surface area (Å²) >= 11 is 0. The van der Waals surface area contributed by atoms with Crippen molar-refractivity contribution in [3.8, 4) is 17.2 Å². The molecule has 1 amide bonds. The number of nitrogens with one attached hydrogen (secondary N) is 1. The van der Waals surface area contributed by atoms with E-state index < -0.39 is 5.60 Å². The van der Waals surface area contributed by atoms with E-state index in [0.717, 1.165) is 50.6 Å². The van der Waals surface area contributed by atoms with Crippen LogP contribution in [0.5, 0.6) is 17.2 Å². The van der Waals surface area contributed by atoms with Gasteiger partial charge in [0.1, 0.15) is 5.60 Å². The largest absolute Gasteiger partial charge is 0.493 e. The van der Waals surface area contributed by atoms with E-state index >= 15 is 0 Å². The number of rotatable bonds is 8. The Morgan fingerprint density at radius 1 is 0.966 bits per heavy atom. The van der Waals surface area contributed by atoms with Crippen LogP contribution in [0, 0.1) is 0 Å². The second kappa shape index (κ2) is 10.5. The number of methoxy groups -OCH3 is 3. The Balaban J connectivity index is 1.81. The summed E-state index contributed by atoms with van der Waals surface area (Å²) in [4.78, 5) is 16.5. The van der Waals surface area contributed by atoms with Crippen molar-refractivity contribution in [1.82, 2.24) is 15.1 Å². The van der Waals surface area contributed by atoms with Crippen molar-refractivity contribution in [2.75, 3.05) is 60.6 Å². The normalized spacial score (nSPS) is 15.7. The van der Waals surface area contributed by atoms with E-state index in [-0.39, 0.29) is 6.09 Å². The van der Waals surface area contributed by atoms with Crippen LogP contribution in [0.2, 0.25) is 0 Å². The SMILES string of the molecule is COc1ccc(CN2CCN(CCNC(=O)OC(C)(C)C)CC2)c(OC)c1OC. The monoisotopic (exact) mass is 409 g/mol. The minimum atomic E-state index is -0.471. The zero-order valence-electron chi connectivity index (χ0n) is 18.5. The van der Waals surface area contributed by atoms with E-state index in [1.54, 1.807) is 21.3 Å². The van der Waals surface area contributed by atoms with Crippen LogP contribution in [0.1, 0.15) is 26.3 Å². The van der Waals surface area contributed by atoms with Gasteiger partial charge in [-0.25, -0.2) is 4.79 Å². The first kappa shape index (κ1) is 23.1. The van der Waals surface area contributed by atoms with E-state index in [1.165, 1.54) is 0 Å². The Morgan fingerprint density at radius 2 is 1.59 bits per heavy atom. The van der Waals surface area contributed by atoms with Crippen LogP contribution in [0.4, 0.5) is 4.79 Å². The number of carbonyl (C=O) groups is 1. The van der Waals surface area contributed by atoms with E-state index in [4.69, 9.17) is 18.9 Å². The molecule has 0 aromatic heterocycles. The van der Waals surface area contributed by atoms with Gasteiger partial charge in [-0.2, -0.15) is 0 Å². The average Bonchev–Trinajstić information content (AvgIpc) is 2.67. The predicted octanol–water partition coefficient (Wildman–Crippen LogP) is 2.35. The van der Waals surface area contributed by atoms with Gasteiger partial charge in [0.25, 0.3) is 0 Å². The molecule has 1 aromatic carbocycles. The highest BCUT2D eigenvalue weighted by atomic mass is 16.6. The zero-order chi connectivity index (χ0) is 21.4. The molecule has 1 fully saturated rings. The molecule has 0 atom stereocenters. The Bertz CT molecular complexity index is 667. The van der Waals surface area contributed by atoms with Crippen molar-refractivity contribution in [3.05, 3.63) is 17.7 Å². The number of alkyl carbamates (subject to hydrolysis) is 1. The fraction of sp³-hybridized carbons (Fsp3) is 0.667. The van der Waals surface area contributed by atoms with Crippen LogP contribution >= 0.6 is 0 Å². The second-order valence-electron chi connectivity index (χ2n) is 8.04. The highest BCUT2D eigenvalue weighted by Crippen LogP contribution is 2.40. The van der Waals surface area contributed by atoms with Gasteiger partial charge in [-0.05, 0) is 26.8 Å². The lowest BCUT2D eigenvalue weighted by atomic mass is 10.1. The second-order valence-corrected chi connectivity index (χ2v) is 8.04. The molecule has 8 nitrogen and oxygen atoms in total. The van der Waals surface area contributed by atoms with Crippen LogP contribution in [-0.2, 0) is 11.3 Å². The maximum absolute atomic E-state index is 11.7. The minimum absolute atomic E-state index is 0.364. The van der Waals surface area contributed by atoms with Crippen molar-refractivity contribution >= 4 is 6.09 Å². The molecular formula is C21H35N3O5. The number of piperazine rings is 1. The van der Waals surface area contributed by atoms with E-state index in [9.17, 15) is 4.79 Å². The Morgan fingerprint density at radius 3 is 2.14 bits per heavy atom. The molecule has 0 bridgehead atoms. The van der Waals surface area contributed by atoms with Crippen LogP contribution in [-0.4, -0.2) is 82.1 Å². The standard InChI is InChI=1S/C21H35N3O5/c1-21(2,3)29-20(25)22-9-10-23-11-13-24(14-12-23)15-16-7-8-17(26-4)19(28-6)18(16)27-5/h7-8H,9-15H2,1-6H3,(H,22,25). The average molecular weight is 410 g/mol. The van der Waals surface area contributed by atoms with E-state index in [2.05, 4.69) is 15.1 Å². The summed E-state index contributed by atoms with van der Waals surface area (Å²) in [7, 11) is 4.89. The summed E-state index contributed by atoms with van der Waals surface area (Å²) in [5, 5.41) is 2.82. The molecule has 1 saturated heterocycles. The van der Waals surface area contributed by atoms with Gasteiger partial charge in [0.2, 0.25) is 5.75 Å². The van der Waals surface area contributed by atoms with E-state index in [1.807, 2.05) is 32.9 Å². The Labute approximate surface area is 174 Å². The smallest absolute Gasteiger partial charge is 0.407 e. The first-order chi connectivity index (χ1) is 13.8. The molecule has 2 rings (SSSR count). The van der Waals surface area contributed by atoms with Gasteiger partial charge in [-0.1, -0.05) is 6.07 Å². The van der Waals surface area contributed by atoms with Gasteiger partial charge in [-0.15, -0.1) is 0 Å². The number of nitrogens with zero attached hydrogens (tertiary/aromatic N) is 2. The highest BCUT2D eigenvalue weighted by Gasteiger charge is 2.21. The molecule has 0 spiro atoms. The highest BCUT2D eigenvalue weighted by molar-refractivity contribution is 5.67. The lowest BCUT2D eigenvalue weighted by Gasteiger charge is -2.35. The van der Waals surface area contributed by atoms with Crippen molar-refractivity contribution in [3.63, 3.8) is 0 Å². The summed E-state index contributed by atoms with van der Waals surface area (Å²) in [6, 6.07) is 3.94. The van der Waals surface area contributed by atoms with Gasteiger partial charge in [-0.3, -0.25) is 9.80 Å². The van der Waals surface area contributed by atoms with E-state index in [0.29, 0.717) is 18.0 Å². The van der Waals surface area contributed by atoms with Gasteiger partial charge in [0.15, 0.2) is 11.5 Å². The molecule has 0 aliphatic carbocycles. The lowest BCUT2D eigenvalue weighted by molar-refractivity contribution is 0.0515. The molecule has 1 N–H and O–H groups in total. The summed E-state index contributed by atoms with van der Waals surface area (Å²) in [5.41, 5.74) is 0.603. The molecule has 8 heteroatoms. The summed E-state index contributed by atoms with van der Waals surface area (Å²) in [6.07, 6.45) is -0.364. The van der Waals surface area contributed by atoms with Gasteiger partial charge < -0.3 is 24.3 Å². The molecular weight excluding hydrogens is 374 g/mol. The number of amides is 1. The fourth-order valence-corrected chi connectivity index (χ4v) is 3.33. The topological polar surface area (TPSA) is 72.5 Å². The quantitative estimate of drug-likeness (QED) is 0.707. The van der Waals surface area contributed by atoms with Crippen LogP contribution in [0.25, 0.3) is 0 Å². The van der Waals surface area contributed by atoms with Gasteiger partial charge in [0.05, 0.1) is 21.3 Å². The number of benzene rings is 1. The first-order valence-electron chi connectivity index (χ1n) is 9.96. The van der Waals surface area contributed by atoms with Crippen molar-refractivity contribution in [1.29, 1.82) is 0 Å². The molecule has 1 aliphatic heterocycles. The summed E-state index contributed by atoms with van der Waals surface area (Å²) < 4.78 is 21.7. The molecule has 1 heterocycles. The Kier molecular flexibility index (Phi) is 8.40. The van der Waals surface area contributed by atoms with Crippen LogP contribution in [0.3, 0.4) is 0 Å². The number of hydrogen-bond acceptors (Lipinski definition) is 7. The van der Waals surface area contributed by atoms with Crippen molar-refractivity contribution in [2.45, 2.75) is 32.9 Å². The van der Waals surface area contributed by atoms with Gasteiger partial charge in [0, 0.05) is 51.4 Å². The predicted molar refractivity (Wildman–Crippen MR) is 112 cm³/mol. The molecule has 0 radical (unpaired) electrons. The third-order valence-corrected chi connectivity index (χ3v) is 4.74. The molecule has 1 aromatic rings. The fourth-order valence-electron chi connectivity index (χ4n) is 3.33. The van der Waals surface area contributed by atoms with Crippen LogP contribution in [0.15, 0.2) is 12.1 Å². The maximum Gasteiger partial charge on any atom is 0.407 e. The maximum atomic E-state index is 11.7. The molecule has 1 aliphatic rings. The molecule has 164 valence electrons. The molecule has 29 heavy (non-hydrogen) atoms.